The molecular weight excluding hydrogens is 486 g/mol. The number of nitrogens with one attached hydrogen (secondary N) is 2. The van der Waals surface area contributed by atoms with Gasteiger partial charge >= 0.3 is 6.09 Å². The fraction of sp³-hybridized carbons (Fsp3) is 0.483. The zero-order valence-electron chi connectivity index (χ0n) is 23.6. The van der Waals surface area contributed by atoms with E-state index in [1.54, 1.807) is 78.1 Å². The third-order valence-electron chi connectivity index (χ3n) is 5.77. The van der Waals surface area contributed by atoms with E-state index in [4.69, 9.17) is 9.47 Å². The molecule has 0 heterocycles. The van der Waals surface area contributed by atoms with Gasteiger partial charge in [-0.2, -0.15) is 0 Å². The molecule has 208 valence electrons. The minimum absolute atomic E-state index is 0.0834. The molecule has 0 aliphatic heterocycles. The highest BCUT2D eigenvalue weighted by atomic mass is 16.6. The van der Waals surface area contributed by atoms with Crippen LogP contribution in [-0.4, -0.2) is 53.2 Å². The maximum Gasteiger partial charge on any atom is 0.408 e. The predicted molar refractivity (Wildman–Crippen MR) is 147 cm³/mol. The van der Waals surface area contributed by atoms with Crippen LogP contribution in [0.5, 0.6) is 11.5 Å². The second-order valence-electron chi connectivity index (χ2n) is 10.6. The molecule has 9 nitrogen and oxygen atoms in total. The van der Waals surface area contributed by atoms with Crippen molar-refractivity contribution in [3.63, 3.8) is 0 Å². The third kappa shape index (κ3) is 8.68. The van der Waals surface area contributed by atoms with Gasteiger partial charge in [0.1, 0.15) is 29.2 Å². The maximum atomic E-state index is 13.9. The molecule has 0 saturated carbocycles. The lowest BCUT2D eigenvalue weighted by Gasteiger charge is -2.34. The molecule has 0 aromatic heterocycles. The summed E-state index contributed by atoms with van der Waals surface area (Å²) in [5.41, 5.74) is 0.899. The molecule has 0 spiro atoms. The number of alkyl carbamates (subject to hydrolysis) is 1. The van der Waals surface area contributed by atoms with Gasteiger partial charge in [-0.1, -0.05) is 19.9 Å². The van der Waals surface area contributed by atoms with Crippen molar-refractivity contribution >= 4 is 23.6 Å². The lowest BCUT2D eigenvalue weighted by atomic mass is 9.98. The molecule has 0 fully saturated rings. The van der Waals surface area contributed by atoms with Crippen molar-refractivity contribution in [1.82, 2.24) is 10.2 Å². The lowest BCUT2D eigenvalue weighted by Crippen LogP contribution is -2.52. The fourth-order valence-corrected chi connectivity index (χ4v) is 4.02. The highest BCUT2D eigenvalue weighted by molar-refractivity contribution is 5.99. The minimum Gasteiger partial charge on any atom is -0.508 e. The fourth-order valence-electron chi connectivity index (χ4n) is 4.02. The third-order valence-corrected chi connectivity index (χ3v) is 5.77. The number of carbonyl (C=O) groups excluding carboxylic acids is 3. The second-order valence-corrected chi connectivity index (χ2v) is 10.6. The van der Waals surface area contributed by atoms with Gasteiger partial charge in [-0.15, -0.1) is 0 Å². The summed E-state index contributed by atoms with van der Waals surface area (Å²) in [6.45, 7) is 12.8. The average molecular weight is 528 g/mol. The number of hydrogen-bond donors (Lipinski definition) is 3. The highest BCUT2D eigenvalue weighted by Gasteiger charge is 2.36. The summed E-state index contributed by atoms with van der Waals surface area (Å²) in [7, 11) is 1.56. The molecule has 0 bridgehead atoms. The van der Waals surface area contributed by atoms with E-state index in [1.807, 2.05) is 13.8 Å². The molecule has 0 radical (unpaired) electrons. The van der Waals surface area contributed by atoms with Crippen molar-refractivity contribution in [1.29, 1.82) is 0 Å². The van der Waals surface area contributed by atoms with Gasteiger partial charge in [0, 0.05) is 12.2 Å². The number of anilines is 1. The van der Waals surface area contributed by atoms with E-state index in [1.165, 1.54) is 11.0 Å². The monoisotopic (exact) mass is 527 g/mol. The summed E-state index contributed by atoms with van der Waals surface area (Å²) >= 11 is 0. The van der Waals surface area contributed by atoms with Gasteiger partial charge in [0.15, 0.2) is 0 Å². The number of ether oxygens (including phenoxy) is 2. The van der Waals surface area contributed by atoms with Gasteiger partial charge in [-0.3, -0.25) is 9.59 Å². The van der Waals surface area contributed by atoms with E-state index in [-0.39, 0.29) is 18.2 Å². The molecule has 2 aromatic carbocycles. The van der Waals surface area contributed by atoms with E-state index in [0.29, 0.717) is 29.0 Å². The summed E-state index contributed by atoms with van der Waals surface area (Å²) in [5, 5.41) is 15.7. The summed E-state index contributed by atoms with van der Waals surface area (Å²) < 4.78 is 10.6. The summed E-state index contributed by atoms with van der Waals surface area (Å²) in [5.74, 6) is -0.0331. The number of phenolic OH excluding ortho intramolecular Hbond substituents is 1. The number of rotatable bonds is 10. The smallest absolute Gasteiger partial charge is 0.408 e. The first-order valence-electron chi connectivity index (χ1n) is 12.8. The van der Waals surface area contributed by atoms with Crippen LogP contribution in [0.3, 0.4) is 0 Å². The largest absolute Gasteiger partial charge is 0.508 e. The van der Waals surface area contributed by atoms with Crippen LogP contribution in [0.4, 0.5) is 10.5 Å². The molecule has 2 atom stereocenters. The number of aryl methyl sites for hydroxylation is 1. The number of aromatic hydroxyl groups is 1. The van der Waals surface area contributed by atoms with Crippen LogP contribution in [0, 0.1) is 12.8 Å². The Morgan fingerprint density at radius 2 is 1.68 bits per heavy atom. The molecule has 2 aromatic rings. The zero-order chi connectivity index (χ0) is 28.6. The standard InChI is InChI=1S/C29H41N3O6/c1-9-32(27(35)23(16-18(2)3)31-28(36)38-29(5,6)7)25(20-10-15-24(33)19(4)17-20)26(34)30-21-11-13-22(37-8)14-12-21/h10-15,17-18,23,25,33H,9,16H2,1-8H3,(H,30,34)(H,31,36). The number of benzene rings is 2. The number of likely N-dealkylation sites (N-methyl/N-ethyl adjacent to an activating group) is 1. The summed E-state index contributed by atoms with van der Waals surface area (Å²) in [6, 6.07) is 9.74. The number of methoxy groups -OCH3 is 1. The Balaban J connectivity index is 2.47. The van der Waals surface area contributed by atoms with Crippen molar-refractivity contribution < 1.29 is 29.0 Å². The Labute approximate surface area is 225 Å². The first-order valence-corrected chi connectivity index (χ1v) is 12.8. The van der Waals surface area contributed by atoms with Crippen LogP contribution in [0.2, 0.25) is 0 Å². The Morgan fingerprint density at radius 1 is 1.05 bits per heavy atom. The number of hydrogen-bond acceptors (Lipinski definition) is 6. The molecule has 0 saturated heterocycles. The normalized spacial score (nSPS) is 12.9. The molecule has 38 heavy (non-hydrogen) atoms. The molecule has 3 amide bonds. The van der Waals surface area contributed by atoms with Crippen molar-refractivity contribution in [2.24, 2.45) is 5.92 Å². The van der Waals surface area contributed by atoms with E-state index in [0.717, 1.165) is 0 Å². The van der Waals surface area contributed by atoms with E-state index in [2.05, 4.69) is 10.6 Å². The van der Waals surface area contributed by atoms with Crippen LogP contribution in [0.1, 0.15) is 65.1 Å². The van der Waals surface area contributed by atoms with Crippen LogP contribution in [0.15, 0.2) is 42.5 Å². The number of phenols is 1. The maximum absolute atomic E-state index is 13.9. The Kier molecular flexibility index (Phi) is 10.6. The van der Waals surface area contributed by atoms with Gasteiger partial charge in [-0.25, -0.2) is 4.79 Å². The van der Waals surface area contributed by atoms with Gasteiger partial charge in [-0.05, 0) is 94.5 Å². The Bertz CT molecular complexity index is 1110. The van der Waals surface area contributed by atoms with Crippen LogP contribution < -0.4 is 15.4 Å². The van der Waals surface area contributed by atoms with Gasteiger partial charge in [0.05, 0.1) is 7.11 Å². The second kappa shape index (κ2) is 13.2. The quantitative estimate of drug-likeness (QED) is 0.392. The highest BCUT2D eigenvalue weighted by Crippen LogP contribution is 2.29. The summed E-state index contributed by atoms with van der Waals surface area (Å²) in [4.78, 5) is 41.7. The summed E-state index contributed by atoms with van der Waals surface area (Å²) in [6.07, 6.45) is -0.344. The zero-order valence-corrected chi connectivity index (χ0v) is 23.6. The van der Waals surface area contributed by atoms with Crippen molar-refractivity contribution in [2.45, 2.75) is 72.6 Å². The van der Waals surface area contributed by atoms with E-state index < -0.39 is 35.6 Å². The van der Waals surface area contributed by atoms with Crippen LogP contribution >= 0.6 is 0 Å². The SMILES string of the molecule is CCN(C(=O)C(CC(C)C)NC(=O)OC(C)(C)C)C(C(=O)Nc1ccc(OC)cc1)c1ccc(O)c(C)c1. The van der Waals surface area contributed by atoms with E-state index in [9.17, 15) is 19.5 Å². The Hall–Kier alpha value is -3.75. The van der Waals surface area contributed by atoms with Crippen LogP contribution in [0.25, 0.3) is 0 Å². The topological polar surface area (TPSA) is 117 Å². The number of carbonyl (C=O) groups is 3. The van der Waals surface area contributed by atoms with Crippen molar-refractivity contribution in [2.75, 3.05) is 19.0 Å². The first kappa shape index (κ1) is 30.5. The molecule has 0 aliphatic carbocycles. The van der Waals surface area contributed by atoms with Crippen LogP contribution in [-0.2, 0) is 14.3 Å². The molecular formula is C29H41N3O6. The van der Waals surface area contributed by atoms with Gasteiger partial charge < -0.3 is 30.1 Å². The number of nitrogens with zero attached hydrogens (tertiary/aromatic N) is 1. The van der Waals surface area contributed by atoms with E-state index >= 15 is 0 Å². The molecule has 3 N–H and O–H groups in total. The first-order chi connectivity index (χ1) is 17.7. The predicted octanol–water partition coefficient (Wildman–Crippen LogP) is 5.18. The minimum atomic E-state index is -1.02. The Morgan fingerprint density at radius 3 is 2.18 bits per heavy atom. The average Bonchev–Trinajstić information content (AvgIpc) is 2.82. The van der Waals surface area contributed by atoms with Gasteiger partial charge in [0.2, 0.25) is 5.91 Å². The number of amides is 3. The van der Waals surface area contributed by atoms with Crippen molar-refractivity contribution in [3.8, 4) is 11.5 Å². The van der Waals surface area contributed by atoms with Gasteiger partial charge in [0.25, 0.3) is 5.91 Å². The molecule has 2 unspecified atom stereocenters. The lowest BCUT2D eigenvalue weighted by molar-refractivity contribution is -0.140. The molecule has 2 rings (SSSR count). The molecule has 9 heteroatoms. The molecule has 0 aliphatic rings. The van der Waals surface area contributed by atoms with Crippen molar-refractivity contribution in [3.05, 3.63) is 53.6 Å².